The van der Waals surface area contributed by atoms with E-state index in [1.54, 1.807) is 0 Å². The lowest BCUT2D eigenvalue weighted by atomic mass is 9.92. The second-order valence-corrected chi connectivity index (χ2v) is 2.65. The third kappa shape index (κ3) is 2.34. The Hall–Kier alpha value is 0. The molecule has 0 heteroatoms. The number of hydrogen-bond donors (Lipinski definition) is 0. The Balaban J connectivity index is 3.29. The predicted molar refractivity (Wildman–Crippen MR) is 38.6 cm³/mol. The summed E-state index contributed by atoms with van der Waals surface area (Å²) in [5.41, 5.74) is 0. The molecule has 2 atom stereocenters. The Kier molecular flexibility index (Phi) is 3.94. The summed E-state index contributed by atoms with van der Waals surface area (Å²) >= 11 is 0. The Morgan fingerprint density at radius 3 is 1.88 bits per heavy atom. The van der Waals surface area contributed by atoms with Gasteiger partial charge in [0.15, 0.2) is 0 Å². The van der Waals surface area contributed by atoms with Crippen LogP contribution in [-0.4, -0.2) is 0 Å². The monoisotopic (exact) mass is 113 g/mol. The van der Waals surface area contributed by atoms with Crippen molar-refractivity contribution in [3.05, 3.63) is 6.92 Å². The maximum absolute atomic E-state index is 3.85. The Morgan fingerprint density at radius 1 is 1.25 bits per heavy atom. The molecule has 0 aliphatic carbocycles. The van der Waals surface area contributed by atoms with Crippen molar-refractivity contribution in [2.45, 2.75) is 33.6 Å². The molecule has 0 rings (SSSR count). The number of hydrogen-bond acceptors (Lipinski definition) is 0. The third-order valence-corrected chi connectivity index (χ3v) is 2.07. The molecule has 0 bridgehead atoms. The average molecular weight is 113 g/mol. The van der Waals surface area contributed by atoms with Crippen molar-refractivity contribution in [2.75, 3.05) is 0 Å². The zero-order chi connectivity index (χ0) is 6.57. The predicted octanol–water partition coefficient (Wildman–Crippen LogP) is 2.89. The van der Waals surface area contributed by atoms with Gasteiger partial charge >= 0.3 is 0 Å². The summed E-state index contributed by atoms with van der Waals surface area (Å²) in [5.74, 6) is 1.66. The molecular weight excluding hydrogens is 96.1 g/mol. The van der Waals surface area contributed by atoms with E-state index in [1.807, 2.05) is 0 Å². The van der Waals surface area contributed by atoms with Gasteiger partial charge in [-0.3, -0.25) is 0 Å². The van der Waals surface area contributed by atoms with Gasteiger partial charge in [0.2, 0.25) is 0 Å². The van der Waals surface area contributed by atoms with E-state index in [2.05, 4.69) is 27.7 Å². The van der Waals surface area contributed by atoms with Crippen molar-refractivity contribution in [2.24, 2.45) is 11.8 Å². The van der Waals surface area contributed by atoms with E-state index >= 15 is 0 Å². The second kappa shape index (κ2) is 3.94. The van der Waals surface area contributed by atoms with Crippen LogP contribution in [0, 0.1) is 18.8 Å². The molecule has 0 saturated heterocycles. The Morgan fingerprint density at radius 2 is 1.75 bits per heavy atom. The highest BCUT2D eigenvalue weighted by Gasteiger charge is 2.05. The van der Waals surface area contributed by atoms with Crippen LogP contribution in [0.1, 0.15) is 33.6 Å². The van der Waals surface area contributed by atoms with Crippen molar-refractivity contribution in [3.8, 4) is 0 Å². The van der Waals surface area contributed by atoms with E-state index in [9.17, 15) is 0 Å². The van der Waals surface area contributed by atoms with E-state index in [1.165, 1.54) is 6.42 Å². The van der Waals surface area contributed by atoms with Crippen LogP contribution >= 0.6 is 0 Å². The summed E-state index contributed by atoms with van der Waals surface area (Å²) < 4.78 is 0. The molecule has 1 unspecified atom stereocenters. The fraction of sp³-hybridized carbons (Fsp3) is 0.875. The molecule has 0 aromatic rings. The molecule has 0 aromatic carbocycles. The minimum absolute atomic E-state index is 0.806. The van der Waals surface area contributed by atoms with E-state index in [0.29, 0.717) is 0 Å². The average Bonchev–Trinajstić information content (AvgIpc) is 1.84. The van der Waals surface area contributed by atoms with Crippen LogP contribution in [0.5, 0.6) is 0 Å². The zero-order valence-corrected chi connectivity index (χ0v) is 6.28. The highest BCUT2D eigenvalue weighted by Crippen LogP contribution is 2.16. The molecule has 0 aliphatic heterocycles. The molecule has 49 valence electrons. The molecule has 0 heterocycles. The van der Waals surface area contributed by atoms with Crippen LogP contribution < -0.4 is 0 Å². The SMILES string of the molecule is [CH2]CC(C)[C@@H](C)CC. The van der Waals surface area contributed by atoms with Gasteiger partial charge in [0, 0.05) is 0 Å². The molecule has 1 radical (unpaired) electrons. The smallest absolute Gasteiger partial charge is 0.0417 e. The molecule has 0 spiro atoms. The summed E-state index contributed by atoms with van der Waals surface area (Å²) in [4.78, 5) is 0. The molecule has 0 aromatic heterocycles. The first-order valence-corrected chi connectivity index (χ1v) is 3.51. The Bertz CT molecular complexity index is 40.0. The van der Waals surface area contributed by atoms with Gasteiger partial charge in [-0.2, -0.15) is 0 Å². The fourth-order valence-corrected chi connectivity index (χ4v) is 0.687. The lowest BCUT2D eigenvalue weighted by Gasteiger charge is -2.14. The van der Waals surface area contributed by atoms with Crippen molar-refractivity contribution in [1.29, 1.82) is 0 Å². The lowest BCUT2D eigenvalue weighted by molar-refractivity contribution is 0.379. The van der Waals surface area contributed by atoms with Crippen molar-refractivity contribution in [3.63, 3.8) is 0 Å². The van der Waals surface area contributed by atoms with Gasteiger partial charge in [-0.25, -0.2) is 0 Å². The normalized spacial score (nSPS) is 18.0. The number of rotatable bonds is 3. The summed E-state index contributed by atoms with van der Waals surface area (Å²) in [5, 5.41) is 0. The van der Waals surface area contributed by atoms with Crippen LogP contribution in [-0.2, 0) is 0 Å². The van der Waals surface area contributed by atoms with Crippen molar-refractivity contribution in [1.82, 2.24) is 0 Å². The quantitative estimate of drug-likeness (QED) is 0.528. The van der Waals surface area contributed by atoms with Crippen molar-refractivity contribution >= 4 is 0 Å². The van der Waals surface area contributed by atoms with Crippen molar-refractivity contribution < 1.29 is 0 Å². The molecule has 8 heavy (non-hydrogen) atoms. The van der Waals surface area contributed by atoms with Gasteiger partial charge in [0.25, 0.3) is 0 Å². The lowest BCUT2D eigenvalue weighted by Crippen LogP contribution is -2.04. The summed E-state index contributed by atoms with van der Waals surface area (Å²) in [6.45, 7) is 10.6. The second-order valence-electron chi connectivity index (χ2n) is 2.65. The van der Waals surface area contributed by atoms with E-state index in [-0.39, 0.29) is 0 Å². The van der Waals surface area contributed by atoms with Crippen LogP contribution in [0.25, 0.3) is 0 Å². The molecule has 0 aliphatic rings. The standard InChI is InChI=1S/C8H17/c1-5-7(3)8(4)6-2/h7-8H,1,5-6H2,2-4H3/t7?,8-/m0/s1. The highest BCUT2D eigenvalue weighted by molar-refractivity contribution is 4.60. The van der Waals surface area contributed by atoms with Crippen LogP contribution in [0.4, 0.5) is 0 Å². The van der Waals surface area contributed by atoms with Gasteiger partial charge < -0.3 is 0 Å². The van der Waals surface area contributed by atoms with E-state index in [0.717, 1.165) is 18.3 Å². The topological polar surface area (TPSA) is 0 Å². The molecule has 0 N–H and O–H groups in total. The molecule has 0 nitrogen and oxygen atoms in total. The van der Waals surface area contributed by atoms with Gasteiger partial charge in [0.1, 0.15) is 0 Å². The van der Waals surface area contributed by atoms with Crippen LogP contribution in [0.3, 0.4) is 0 Å². The fourth-order valence-electron chi connectivity index (χ4n) is 0.687. The van der Waals surface area contributed by atoms with Crippen LogP contribution in [0.2, 0.25) is 0 Å². The van der Waals surface area contributed by atoms with E-state index < -0.39 is 0 Å². The molecule has 0 saturated carbocycles. The minimum Gasteiger partial charge on any atom is -0.0651 e. The van der Waals surface area contributed by atoms with Crippen LogP contribution in [0.15, 0.2) is 0 Å². The molecular formula is C8H17. The first-order chi connectivity index (χ1) is 3.72. The third-order valence-electron chi connectivity index (χ3n) is 2.07. The van der Waals surface area contributed by atoms with Gasteiger partial charge in [-0.15, -0.1) is 0 Å². The summed E-state index contributed by atoms with van der Waals surface area (Å²) in [6, 6.07) is 0. The largest absolute Gasteiger partial charge is 0.0651 e. The highest BCUT2D eigenvalue weighted by atomic mass is 14.1. The van der Waals surface area contributed by atoms with Gasteiger partial charge in [-0.1, -0.05) is 40.5 Å². The maximum atomic E-state index is 3.85. The maximum Gasteiger partial charge on any atom is -0.0417 e. The molecule has 0 fully saturated rings. The van der Waals surface area contributed by atoms with Gasteiger partial charge in [0.05, 0.1) is 0 Å². The summed E-state index contributed by atoms with van der Waals surface area (Å²) in [6.07, 6.45) is 2.37. The minimum atomic E-state index is 0.806. The van der Waals surface area contributed by atoms with E-state index in [4.69, 9.17) is 0 Å². The Labute approximate surface area is 53.3 Å². The first kappa shape index (κ1) is 8.00. The zero-order valence-electron chi connectivity index (χ0n) is 6.28. The summed E-state index contributed by atoms with van der Waals surface area (Å²) in [7, 11) is 0. The first-order valence-electron chi connectivity index (χ1n) is 3.51. The van der Waals surface area contributed by atoms with Gasteiger partial charge in [-0.05, 0) is 11.8 Å². The molecule has 0 amide bonds.